The molecule has 0 spiro atoms. The van der Waals surface area contributed by atoms with E-state index in [1.54, 1.807) is 12.1 Å². The zero-order chi connectivity index (χ0) is 18.1. The summed E-state index contributed by atoms with van der Waals surface area (Å²) >= 11 is 0. The van der Waals surface area contributed by atoms with Gasteiger partial charge in [-0.15, -0.1) is 0 Å². The molecule has 1 saturated heterocycles. The Labute approximate surface area is 144 Å². The number of likely N-dealkylation sites (tertiary alicyclic amines) is 1. The third-order valence-electron chi connectivity index (χ3n) is 4.32. The van der Waals surface area contributed by atoms with Crippen molar-refractivity contribution in [3.05, 3.63) is 23.3 Å². The first-order valence-corrected chi connectivity index (χ1v) is 7.96. The molecule has 25 heavy (non-hydrogen) atoms. The largest absolute Gasteiger partial charge is 0.535 e. The lowest BCUT2D eigenvalue weighted by Gasteiger charge is -2.40. The van der Waals surface area contributed by atoms with Crippen molar-refractivity contribution >= 4 is 19.1 Å². The van der Waals surface area contributed by atoms with E-state index < -0.39 is 25.1 Å². The van der Waals surface area contributed by atoms with Gasteiger partial charge in [0.2, 0.25) is 0 Å². The van der Waals surface area contributed by atoms with Gasteiger partial charge < -0.3 is 30.4 Å². The van der Waals surface area contributed by atoms with Gasteiger partial charge in [-0.25, -0.2) is 4.79 Å². The lowest BCUT2D eigenvalue weighted by Crippen LogP contribution is -2.58. The Morgan fingerprint density at radius 1 is 1.40 bits per heavy atom. The second kappa shape index (κ2) is 6.91. The van der Waals surface area contributed by atoms with Crippen LogP contribution in [0.5, 0.6) is 11.5 Å². The van der Waals surface area contributed by atoms with Gasteiger partial charge in [0.1, 0.15) is 29.2 Å². The number of hydrogen-bond acceptors (Lipinski definition) is 7. The van der Waals surface area contributed by atoms with Crippen LogP contribution in [0.25, 0.3) is 0 Å². The normalized spacial score (nSPS) is 18.7. The molecule has 0 amide bonds. The van der Waals surface area contributed by atoms with Crippen molar-refractivity contribution in [3.8, 4) is 11.5 Å². The highest BCUT2D eigenvalue weighted by Crippen LogP contribution is 2.37. The van der Waals surface area contributed by atoms with E-state index in [2.05, 4.69) is 0 Å². The Balaban J connectivity index is 1.69. The fourth-order valence-electron chi connectivity index (χ4n) is 3.00. The number of carboxylic acids is 2. The Kier molecular flexibility index (Phi) is 4.84. The summed E-state index contributed by atoms with van der Waals surface area (Å²) in [6.07, 6.45) is 0.681. The van der Waals surface area contributed by atoms with Crippen molar-refractivity contribution in [1.29, 1.82) is 0 Å². The standard InChI is InChI=1S/C15H19BN2O7/c17-10(14(19)20)7-18-5-9(6-18)24-11-2-1-8-3-4-16(23)25-13(8)12(11)15(21)22/h1-2,9-10,23H,3-7,17H2,(H,19,20)(H,21,22)/t10-/m1/s1. The first-order chi connectivity index (χ1) is 11.8. The zero-order valence-electron chi connectivity index (χ0n) is 13.4. The third-order valence-corrected chi connectivity index (χ3v) is 4.32. The number of nitrogens with two attached hydrogens (primary N) is 1. The summed E-state index contributed by atoms with van der Waals surface area (Å²) < 4.78 is 11.0. The maximum Gasteiger partial charge on any atom is 0.522 e. The van der Waals surface area contributed by atoms with Gasteiger partial charge in [-0.05, 0) is 24.4 Å². The minimum atomic E-state index is -1.19. The maximum absolute atomic E-state index is 11.6. The second-order valence-electron chi connectivity index (χ2n) is 6.25. The number of nitrogens with zero attached hydrogens (tertiary/aromatic N) is 1. The highest BCUT2D eigenvalue weighted by atomic mass is 16.5. The Bertz CT molecular complexity index is 693. The molecule has 0 aliphatic carbocycles. The van der Waals surface area contributed by atoms with Gasteiger partial charge in [0.15, 0.2) is 0 Å². The van der Waals surface area contributed by atoms with Crippen molar-refractivity contribution in [3.63, 3.8) is 0 Å². The molecule has 1 fully saturated rings. The number of carboxylic acid groups (broad SMARTS) is 2. The highest BCUT2D eigenvalue weighted by Gasteiger charge is 2.34. The summed E-state index contributed by atoms with van der Waals surface area (Å²) in [6, 6.07) is 2.36. The van der Waals surface area contributed by atoms with Gasteiger partial charge in [0, 0.05) is 19.6 Å². The number of carbonyl (C=O) groups is 2. The van der Waals surface area contributed by atoms with Crippen molar-refractivity contribution in [2.24, 2.45) is 5.73 Å². The van der Waals surface area contributed by atoms with Gasteiger partial charge in [-0.2, -0.15) is 0 Å². The van der Waals surface area contributed by atoms with Gasteiger partial charge in [0.25, 0.3) is 0 Å². The number of hydrogen-bond donors (Lipinski definition) is 4. The van der Waals surface area contributed by atoms with Crippen LogP contribution in [-0.4, -0.2) is 71.0 Å². The molecule has 0 radical (unpaired) electrons. The van der Waals surface area contributed by atoms with E-state index in [0.717, 1.165) is 5.56 Å². The summed E-state index contributed by atoms with van der Waals surface area (Å²) in [5.74, 6) is -1.94. The smallest absolute Gasteiger partial charge is 0.522 e. The lowest BCUT2D eigenvalue weighted by atomic mass is 9.78. The molecule has 0 saturated carbocycles. The predicted molar refractivity (Wildman–Crippen MR) is 87.0 cm³/mol. The van der Waals surface area contributed by atoms with E-state index >= 15 is 0 Å². The molecule has 2 aliphatic heterocycles. The molecule has 0 unspecified atom stereocenters. The van der Waals surface area contributed by atoms with E-state index in [9.17, 15) is 19.7 Å². The molecule has 0 aromatic heterocycles. The summed E-state index contributed by atoms with van der Waals surface area (Å²) in [7, 11) is -1.03. The predicted octanol–water partition coefficient (Wildman–Crippen LogP) is -0.725. The van der Waals surface area contributed by atoms with Crippen LogP contribution in [-0.2, 0) is 11.2 Å². The van der Waals surface area contributed by atoms with E-state index in [-0.39, 0.29) is 29.7 Å². The van der Waals surface area contributed by atoms with Crippen LogP contribution in [0, 0.1) is 0 Å². The fourth-order valence-corrected chi connectivity index (χ4v) is 3.00. The minimum absolute atomic E-state index is 0.100. The minimum Gasteiger partial charge on any atom is -0.535 e. The second-order valence-corrected chi connectivity index (χ2v) is 6.25. The van der Waals surface area contributed by atoms with Crippen LogP contribution in [0.15, 0.2) is 12.1 Å². The molecule has 3 rings (SSSR count). The van der Waals surface area contributed by atoms with E-state index in [4.69, 9.17) is 20.2 Å². The van der Waals surface area contributed by atoms with E-state index in [0.29, 0.717) is 25.8 Å². The van der Waals surface area contributed by atoms with Crippen LogP contribution in [0.2, 0.25) is 6.32 Å². The first kappa shape index (κ1) is 17.5. The third kappa shape index (κ3) is 3.70. The summed E-state index contributed by atoms with van der Waals surface area (Å²) in [6.45, 7) is 1.13. The van der Waals surface area contributed by atoms with Gasteiger partial charge >= 0.3 is 19.1 Å². The topological polar surface area (TPSA) is 143 Å². The van der Waals surface area contributed by atoms with Crippen LogP contribution in [0.3, 0.4) is 0 Å². The summed E-state index contributed by atoms with van der Waals surface area (Å²) in [5.41, 5.74) is 6.10. The molecule has 1 atom stereocenters. The Hall–Kier alpha value is -2.30. The van der Waals surface area contributed by atoms with Gasteiger partial charge in [0.05, 0.1) is 0 Å². The number of fused-ring (bicyclic) bond motifs is 1. The summed E-state index contributed by atoms with van der Waals surface area (Å²) in [5, 5.41) is 27.9. The molecule has 1 aromatic carbocycles. The molecule has 134 valence electrons. The van der Waals surface area contributed by atoms with Gasteiger partial charge in [-0.1, -0.05) is 6.07 Å². The van der Waals surface area contributed by atoms with Crippen LogP contribution in [0.1, 0.15) is 15.9 Å². The number of ether oxygens (including phenoxy) is 1. The monoisotopic (exact) mass is 350 g/mol. The molecule has 9 nitrogen and oxygen atoms in total. The van der Waals surface area contributed by atoms with Crippen molar-refractivity contribution in [2.75, 3.05) is 19.6 Å². The number of benzene rings is 1. The molecular formula is C15H19BN2O7. The molecule has 5 N–H and O–H groups in total. The molecular weight excluding hydrogens is 331 g/mol. The average molecular weight is 350 g/mol. The molecule has 2 aliphatic rings. The van der Waals surface area contributed by atoms with E-state index in [1.807, 2.05) is 4.90 Å². The number of rotatable bonds is 6. The Morgan fingerprint density at radius 3 is 2.76 bits per heavy atom. The fraction of sp³-hybridized carbons (Fsp3) is 0.467. The lowest BCUT2D eigenvalue weighted by molar-refractivity contribution is -0.139. The van der Waals surface area contributed by atoms with Crippen LogP contribution >= 0.6 is 0 Å². The van der Waals surface area contributed by atoms with Crippen molar-refractivity contribution < 1.29 is 34.2 Å². The maximum atomic E-state index is 11.6. The molecule has 2 heterocycles. The molecule has 0 bridgehead atoms. The average Bonchev–Trinajstić information content (AvgIpc) is 2.51. The first-order valence-electron chi connectivity index (χ1n) is 7.96. The zero-order valence-corrected chi connectivity index (χ0v) is 13.4. The number of aryl methyl sites for hydroxylation is 1. The van der Waals surface area contributed by atoms with Crippen molar-refractivity contribution in [2.45, 2.75) is 24.9 Å². The molecule has 1 aromatic rings. The van der Waals surface area contributed by atoms with E-state index in [1.165, 1.54) is 0 Å². The van der Waals surface area contributed by atoms with Gasteiger partial charge in [-0.3, -0.25) is 9.69 Å². The van der Waals surface area contributed by atoms with Crippen LogP contribution < -0.4 is 15.1 Å². The highest BCUT2D eigenvalue weighted by molar-refractivity contribution is 6.44. The summed E-state index contributed by atoms with van der Waals surface area (Å²) in [4.78, 5) is 24.2. The molecule has 10 heteroatoms. The Morgan fingerprint density at radius 2 is 2.12 bits per heavy atom. The number of aliphatic carboxylic acids is 1. The quantitative estimate of drug-likeness (QED) is 0.489. The number of aromatic carboxylic acids is 1. The SMILES string of the molecule is N[C@H](CN1CC(Oc2ccc3c(c2C(=O)O)OB(O)CC3)C1)C(=O)O. The van der Waals surface area contributed by atoms with Crippen molar-refractivity contribution in [1.82, 2.24) is 4.90 Å². The van der Waals surface area contributed by atoms with Crippen LogP contribution in [0.4, 0.5) is 0 Å².